The Morgan fingerprint density at radius 2 is 0.922 bits per heavy atom. The number of nitrogens with zero attached hydrogens (tertiary/aromatic N) is 2. The highest BCUT2D eigenvalue weighted by molar-refractivity contribution is 7.26. The average molecular weight is 858 g/mol. The molecule has 300 valence electrons. The summed E-state index contributed by atoms with van der Waals surface area (Å²) in [6.07, 6.45) is 0. The average Bonchev–Trinajstić information content (AvgIpc) is 4.10. The Hall–Kier alpha value is -7.76. The van der Waals surface area contributed by atoms with Crippen molar-refractivity contribution in [3.63, 3.8) is 0 Å². The van der Waals surface area contributed by atoms with E-state index < -0.39 is 26.2 Å². The van der Waals surface area contributed by atoms with Crippen molar-refractivity contribution in [3.05, 3.63) is 242 Å². The molecule has 0 saturated carbocycles. The van der Waals surface area contributed by atoms with E-state index in [9.17, 15) is 5.48 Å². The molecule has 13 rings (SSSR count). The standard InChI is InChI=1S/C60H40N2SSi/c1-4-19-41(20-5-1)42-21-18-26-47(39-42)64(44-22-6-2-7-23-44,45-24-8-3-9-25-45)46-37-35-43(36-38-46)61-53-31-14-12-29-50(53)52-40-56(60-58(59(52)61)51-30-13-17-34-57(51)63-60)62-54-32-15-10-27-48(54)49-28-11-16-33-55(49)62/h1-40H/i1D,4D,5D,19D,20D,35D,36D,37D,38D. The Morgan fingerprint density at radius 3 is 1.56 bits per heavy atom. The van der Waals surface area contributed by atoms with Crippen LogP contribution in [0.1, 0.15) is 12.3 Å². The first kappa shape index (κ1) is 28.8. The van der Waals surface area contributed by atoms with Gasteiger partial charge in [0.1, 0.15) is 0 Å². The number of thiophene rings is 1. The summed E-state index contributed by atoms with van der Waals surface area (Å²) in [6, 6.07) is 59.2. The van der Waals surface area contributed by atoms with Gasteiger partial charge in [-0.25, -0.2) is 0 Å². The topological polar surface area (TPSA) is 9.86 Å². The van der Waals surface area contributed by atoms with Crippen molar-refractivity contribution < 1.29 is 12.3 Å². The van der Waals surface area contributed by atoms with Crippen molar-refractivity contribution in [1.82, 2.24) is 9.13 Å². The van der Waals surface area contributed by atoms with Crippen molar-refractivity contribution in [3.8, 4) is 22.5 Å². The van der Waals surface area contributed by atoms with Crippen molar-refractivity contribution in [2.24, 2.45) is 0 Å². The molecule has 0 fully saturated rings. The maximum atomic E-state index is 10.4. The zero-order valence-electron chi connectivity index (χ0n) is 43.2. The number of hydrogen-bond donors (Lipinski definition) is 0. The van der Waals surface area contributed by atoms with Gasteiger partial charge in [-0.1, -0.05) is 200 Å². The monoisotopic (exact) mass is 857 g/mol. The second kappa shape index (κ2) is 14.7. The maximum Gasteiger partial charge on any atom is 0.179 e. The van der Waals surface area contributed by atoms with Gasteiger partial charge in [-0.05, 0) is 74.3 Å². The first-order chi connectivity index (χ1) is 35.5. The minimum Gasteiger partial charge on any atom is -0.309 e. The third kappa shape index (κ3) is 5.43. The quantitative estimate of drug-likeness (QED) is 0.112. The molecule has 64 heavy (non-hydrogen) atoms. The van der Waals surface area contributed by atoms with Crippen molar-refractivity contribution in [2.75, 3.05) is 0 Å². The van der Waals surface area contributed by atoms with Crippen LogP contribution < -0.4 is 20.7 Å². The number of benzene rings is 10. The van der Waals surface area contributed by atoms with Crippen LogP contribution in [0.5, 0.6) is 0 Å². The van der Waals surface area contributed by atoms with Crippen LogP contribution in [0.2, 0.25) is 0 Å². The van der Waals surface area contributed by atoms with E-state index in [-0.39, 0.29) is 52.7 Å². The van der Waals surface area contributed by atoms with E-state index in [4.69, 9.17) is 6.85 Å². The van der Waals surface area contributed by atoms with Crippen molar-refractivity contribution in [2.45, 2.75) is 0 Å². The summed E-state index contributed by atoms with van der Waals surface area (Å²) in [7, 11) is -3.94. The van der Waals surface area contributed by atoms with Crippen LogP contribution in [0.4, 0.5) is 0 Å². The highest BCUT2D eigenvalue weighted by Gasteiger charge is 2.41. The van der Waals surface area contributed by atoms with Gasteiger partial charge < -0.3 is 9.13 Å². The number of rotatable bonds is 7. The smallest absolute Gasteiger partial charge is 0.179 e. The molecule has 0 amide bonds. The molecule has 2 nitrogen and oxygen atoms in total. The van der Waals surface area contributed by atoms with E-state index in [0.29, 0.717) is 10.8 Å². The molecular weight excluding hydrogens is 809 g/mol. The lowest BCUT2D eigenvalue weighted by Crippen LogP contribution is -2.74. The second-order valence-electron chi connectivity index (χ2n) is 16.1. The number of fused-ring (bicyclic) bond motifs is 10. The minimum atomic E-state index is -3.94. The predicted molar refractivity (Wildman–Crippen MR) is 277 cm³/mol. The Bertz CT molecular complexity index is 4300. The molecule has 0 spiro atoms. The minimum absolute atomic E-state index is 0.0340. The zero-order valence-corrected chi connectivity index (χ0v) is 36.0. The Balaban J connectivity index is 1.15. The Morgan fingerprint density at radius 1 is 0.391 bits per heavy atom. The fourth-order valence-electron chi connectivity index (χ4n) is 10.1. The predicted octanol–water partition coefficient (Wildman–Crippen LogP) is 13.3. The number of hydrogen-bond acceptors (Lipinski definition) is 1. The van der Waals surface area contributed by atoms with Gasteiger partial charge in [0, 0.05) is 42.7 Å². The lowest BCUT2D eigenvalue weighted by Gasteiger charge is -2.35. The summed E-state index contributed by atoms with van der Waals surface area (Å²) < 4.78 is 91.2. The molecule has 4 heteroatoms. The van der Waals surface area contributed by atoms with Gasteiger partial charge in [-0.3, -0.25) is 0 Å². The molecule has 0 aliphatic carbocycles. The Labute approximate surface area is 388 Å². The fourth-order valence-corrected chi connectivity index (χ4v) is 15.8. The third-order valence-electron chi connectivity index (χ3n) is 12.8. The van der Waals surface area contributed by atoms with Gasteiger partial charge in [0.05, 0.1) is 44.8 Å². The number of para-hydroxylation sites is 3. The summed E-state index contributed by atoms with van der Waals surface area (Å²) in [5, 5.41) is 8.54. The molecule has 0 N–H and O–H groups in total. The molecule has 0 aliphatic rings. The summed E-state index contributed by atoms with van der Waals surface area (Å²) in [5.74, 6) is 0. The number of aromatic nitrogens is 2. The highest BCUT2D eigenvalue weighted by atomic mass is 32.1. The van der Waals surface area contributed by atoms with Crippen LogP contribution in [0.15, 0.2) is 242 Å². The SMILES string of the molecule is [2H]c1c([2H])c([2H])c(-c2cccc([Si](c3ccccc3)(c3ccccc3)c3c([2H])c([2H])c(-n4c5ccccc5c5cc(-n6c7ccccc7c7ccccc76)c6sc7ccccc7c6c54)c([2H])c3[2H])c2)c([2H])c1[2H]. The van der Waals surface area contributed by atoms with E-state index in [2.05, 4.69) is 77.4 Å². The first-order valence-electron chi connectivity index (χ1n) is 25.8. The van der Waals surface area contributed by atoms with Crippen LogP contribution in [-0.2, 0) is 0 Å². The lowest BCUT2D eigenvalue weighted by molar-refractivity contribution is 1.18. The molecule has 3 heterocycles. The molecule has 0 atom stereocenters. The second-order valence-corrected chi connectivity index (χ2v) is 20.9. The van der Waals surface area contributed by atoms with Crippen LogP contribution in [0, 0.1) is 0 Å². The summed E-state index contributed by atoms with van der Waals surface area (Å²) in [6.45, 7) is 0. The fraction of sp³-hybridized carbons (Fsp3) is 0. The Kier molecular flexibility index (Phi) is 6.59. The molecule has 10 aromatic carbocycles. The van der Waals surface area contributed by atoms with E-state index in [1.807, 2.05) is 108 Å². The normalized spacial score (nSPS) is 14.0. The zero-order chi connectivity index (χ0) is 50.0. The molecule has 3 aromatic heterocycles. The molecule has 0 saturated heterocycles. The van der Waals surface area contributed by atoms with Crippen molar-refractivity contribution in [1.29, 1.82) is 0 Å². The van der Waals surface area contributed by atoms with Crippen LogP contribution >= 0.6 is 11.3 Å². The molecular formula is C60H40N2SSi. The summed E-state index contributed by atoms with van der Waals surface area (Å²) in [5.41, 5.74) is 5.22. The van der Waals surface area contributed by atoms with Crippen LogP contribution in [0.3, 0.4) is 0 Å². The van der Waals surface area contributed by atoms with E-state index in [0.717, 1.165) is 79.8 Å². The summed E-state index contributed by atoms with van der Waals surface area (Å²) in [4.78, 5) is 0. The molecule has 0 bridgehead atoms. The summed E-state index contributed by atoms with van der Waals surface area (Å²) >= 11 is 1.70. The van der Waals surface area contributed by atoms with Gasteiger partial charge >= 0.3 is 0 Å². The van der Waals surface area contributed by atoms with Crippen LogP contribution in [0.25, 0.3) is 86.3 Å². The van der Waals surface area contributed by atoms with Crippen molar-refractivity contribution >= 4 is 104 Å². The van der Waals surface area contributed by atoms with Gasteiger partial charge in [0.25, 0.3) is 0 Å². The molecule has 13 aromatic rings. The maximum absolute atomic E-state index is 10.4. The van der Waals surface area contributed by atoms with E-state index in [1.54, 1.807) is 23.5 Å². The van der Waals surface area contributed by atoms with Gasteiger partial charge in [-0.15, -0.1) is 11.3 Å². The van der Waals surface area contributed by atoms with Crippen LogP contribution in [-0.4, -0.2) is 17.2 Å². The van der Waals surface area contributed by atoms with Gasteiger partial charge in [0.15, 0.2) is 8.07 Å². The lowest BCUT2D eigenvalue weighted by atomic mass is 10.1. The van der Waals surface area contributed by atoms with Gasteiger partial charge in [-0.2, -0.15) is 0 Å². The highest BCUT2D eigenvalue weighted by Crippen LogP contribution is 2.47. The molecule has 0 unspecified atom stereocenters. The molecule has 0 aliphatic heterocycles. The first-order valence-corrected chi connectivity index (χ1v) is 24.1. The molecule has 0 radical (unpaired) electrons. The van der Waals surface area contributed by atoms with E-state index >= 15 is 0 Å². The van der Waals surface area contributed by atoms with E-state index in [1.165, 1.54) is 0 Å². The third-order valence-corrected chi connectivity index (χ3v) is 18.6. The van der Waals surface area contributed by atoms with Gasteiger partial charge in [0.2, 0.25) is 0 Å². The largest absolute Gasteiger partial charge is 0.309 e.